The average Bonchev–Trinajstić information content (AvgIpc) is 2.39. The van der Waals surface area contributed by atoms with E-state index in [-0.39, 0.29) is 12.2 Å². The Kier molecular flexibility index (Phi) is 3.75. The molecular weight excluding hydrogens is 249 g/mol. The van der Waals surface area contributed by atoms with E-state index in [2.05, 4.69) is 4.98 Å². The van der Waals surface area contributed by atoms with E-state index < -0.39 is 11.8 Å². The maximum absolute atomic E-state index is 13.2. The molecule has 1 aromatic heterocycles. The van der Waals surface area contributed by atoms with Crippen LogP contribution in [-0.2, 0) is 6.61 Å². The average molecular weight is 261 g/mol. The highest BCUT2D eigenvalue weighted by Crippen LogP contribution is 2.17. The molecular formula is C14H12FNO3. The highest BCUT2D eigenvalue weighted by atomic mass is 19.1. The summed E-state index contributed by atoms with van der Waals surface area (Å²) in [5.74, 6) is -1.44. The highest BCUT2D eigenvalue weighted by molar-refractivity contribution is 5.88. The van der Waals surface area contributed by atoms with Gasteiger partial charge in [-0.3, -0.25) is 4.98 Å². The van der Waals surface area contributed by atoms with Crippen molar-refractivity contribution in [1.82, 2.24) is 4.98 Å². The number of carbonyl (C=O) groups is 1. The molecule has 0 saturated carbocycles. The number of aryl methyl sites for hydroxylation is 1. The molecule has 1 N–H and O–H groups in total. The number of benzene rings is 1. The lowest BCUT2D eigenvalue weighted by Crippen LogP contribution is -2.04. The third-order valence-electron chi connectivity index (χ3n) is 2.61. The van der Waals surface area contributed by atoms with Gasteiger partial charge in [-0.1, -0.05) is 6.07 Å². The number of aromatic nitrogens is 1. The number of hydrogen-bond donors (Lipinski definition) is 1. The summed E-state index contributed by atoms with van der Waals surface area (Å²) in [5.41, 5.74) is 0.967. The highest BCUT2D eigenvalue weighted by Gasteiger charge is 2.11. The molecule has 2 aromatic rings. The molecule has 4 nitrogen and oxygen atoms in total. The lowest BCUT2D eigenvalue weighted by atomic mass is 10.1. The number of carboxylic acid groups (broad SMARTS) is 1. The molecule has 0 amide bonds. The SMILES string of the molecule is Cc1ncccc1OCc1ccc(F)c(C(=O)O)c1. The summed E-state index contributed by atoms with van der Waals surface area (Å²) < 4.78 is 18.7. The second-order valence-corrected chi connectivity index (χ2v) is 3.99. The second kappa shape index (κ2) is 5.48. The Labute approximate surface area is 109 Å². The molecule has 5 heteroatoms. The van der Waals surface area contributed by atoms with Gasteiger partial charge in [0.25, 0.3) is 0 Å². The van der Waals surface area contributed by atoms with Gasteiger partial charge in [0.1, 0.15) is 18.2 Å². The van der Waals surface area contributed by atoms with Crippen LogP contribution in [0.15, 0.2) is 36.5 Å². The molecule has 0 saturated heterocycles. The van der Waals surface area contributed by atoms with E-state index in [0.29, 0.717) is 11.3 Å². The van der Waals surface area contributed by atoms with Crippen LogP contribution in [-0.4, -0.2) is 16.1 Å². The lowest BCUT2D eigenvalue weighted by molar-refractivity contribution is 0.0691. The van der Waals surface area contributed by atoms with Crippen LogP contribution in [0.3, 0.4) is 0 Å². The Morgan fingerprint density at radius 3 is 2.89 bits per heavy atom. The predicted octanol–water partition coefficient (Wildman–Crippen LogP) is 2.81. The van der Waals surface area contributed by atoms with Crippen molar-refractivity contribution in [2.45, 2.75) is 13.5 Å². The Morgan fingerprint density at radius 1 is 1.42 bits per heavy atom. The first kappa shape index (κ1) is 13.0. The summed E-state index contributed by atoms with van der Waals surface area (Å²) in [4.78, 5) is 14.9. The van der Waals surface area contributed by atoms with Gasteiger partial charge in [-0.25, -0.2) is 9.18 Å². The van der Waals surface area contributed by atoms with Crippen molar-refractivity contribution in [3.63, 3.8) is 0 Å². The van der Waals surface area contributed by atoms with E-state index >= 15 is 0 Å². The van der Waals surface area contributed by atoms with Crippen molar-refractivity contribution in [2.75, 3.05) is 0 Å². The largest absolute Gasteiger partial charge is 0.487 e. The maximum Gasteiger partial charge on any atom is 0.338 e. The minimum absolute atomic E-state index is 0.160. The fourth-order valence-electron chi connectivity index (χ4n) is 1.61. The summed E-state index contributed by atoms with van der Waals surface area (Å²) in [5, 5.41) is 8.83. The van der Waals surface area contributed by atoms with Crippen LogP contribution < -0.4 is 4.74 Å². The van der Waals surface area contributed by atoms with Gasteiger partial charge in [0.15, 0.2) is 0 Å². The van der Waals surface area contributed by atoms with E-state index in [9.17, 15) is 9.18 Å². The first-order valence-corrected chi connectivity index (χ1v) is 5.64. The third kappa shape index (κ3) is 3.07. The van der Waals surface area contributed by atoms with Gasteiger partial charge in [-0.15, -0.1) is 0 Å². The van der Waals surface area contributed by atoms with Gasteiger partial charge < -0.3 is 9.84 Å². The molecule has 0 aliphatic carbocycles. The smallest absolute Gasteiger partial charge is 0.338 e. The first-order chi connectivity index (χ1) is 9.08. The Balaban J connectivity index is 2.14. The number of hydrogen-bond acceptors (Lipinski definition) is 3. The van der Waals surface area contributed by atoms with E-state index in [1.807, 2.05) is 6.92 Å². The molecule has 2 rings (SSSR count). The van der Waals surface area contributed by atoms with E-state index in [1.165, 1.54) is 12.1 Å². The standard InChI is InChI=1S/C14H12FNO3/c1-9-13(3-2-6-16-9)19-8-10-4-5-12(15)11(7-10)14(17)18/h2-7H,8H2,1H3,(H,17,18). The van der Waals surface area contributed by atoms with E-state index in [0.717, 1.165) is 11.8 Å². The first-order valence-electron chi connectivity index (χ1n) is 5.64. The van der Waals surface area contributed by atoms with Crippen LogP contribution in [0.25, 0.3) is 0 Å². The van der Waals surface area contributed by atoms with Gasteiger partial charge in [-0.2, -0.15) is 0 Å². The van der Waals surface area contributed by atoms with Crippen molar-refractivity contribution in [3.8, 4) is 5.75 Å². The molecule has 0 aliphatic rings. The summed E-state index contributed by atoms with van der Waals surface area (Å²) in [6.45, 7) is 1.97. The molecule has 98 valence electrons. The summed E-state index contributed by atoms with van der Waals surface area (Å²) in [6.07, 6.45) is 1.66. The van der Waals surface area contributed by atoms with Crippen molar-refractivity contribution >= 4 is 5.97 Å². The summed E-state index contributed by atoms with van der Waals surface area (Å²) >= 11 is 0. The number of pyridine rings is 1. The number of carboxylic acids is 1. The number of aromatic carboxylic acids is 1. The molecule has 1 heterocycles. The lowest BCUT2D eigenvalue weighted by Gasteiger charge is -2.08. The predicted molar refractivity (Wildman–Crippen MR) is 66.7 cm³/mol. The molecule has 0 aliphatic heterocycles. The van der Waals surface area contributed by atoms with Gasteiger partial charge >= 0.3 is 5.97 Å². The Bertz CT molecular complexity index is 613. The topological polar surface area (TPSA) is 59.4 Å². The molecule has 0 atom stereocenters. The van der Waals surface area contributed by atoms with Crippen LogP contribution in [0.5, 0.6) is 5.75 Å². The van der Waals surface area contributed by atoms with Crippen LogP contribution in [0.4, 0.5) is 4.39 Å². The number of ether oxygens (including phenoxy) is 1. The zero-order chi connectivity index (χ0) is 13.8. The van der Waals surface area contributed by atoms with Crippen LogP contribution in [0.1, 0.15) is 21.6 Å². The molecule has 0 bridgehead atoms. The molecule has 1 aromatic carbocycles. The fourth-order valence-corrected chi connectivity index (χ4v) is 1.61. The zero-order valence-corrected chi connectivity index (χ0v) is 10.3. The number of nitrogens with zero attached hydrogens (tertiary/aromatic N) is 1. The molecule has 0 fully saturated rings. The van der Waals surface area contributed by atoms with Crippen LogP contribution in [0, 0.1) is 12.7 Å². The summed E-state index contributed by atoms with van der Waals surface area (Å²) in [7, 11) is 0. The quantitative estimate of drug-likeness (QED) is 0.919. The molecule has 0 spiro atoms. The molecule has 19 heavy (non-hydrogen) atoms. The van der Waals surface area contributed by atoms with E-state index in [1.54, 1.807) is 18.3 Å². The zero-order valence-electron chi connectivity index (χ0n) is 10.3. The van der Waals surface area contributed by atoms with Crippen molar-refractivity contribution in [2.24, 2.45) is 0 Å². The van der Waals surface area contributed by atoms with Gasteiger partial charge in [0.2, 0.25) is 0 Å². The summed E-state index contributed by atoms with van der Waals surface area (Å²) in [6, 6.07) is 7.40. The normalized spacial score (nSPS) is 10.2. The second-order valence-electron chi connectivity index (χ2n) is 3.99. The minimum Gasteiger partial charge on any atom is -0.487 e. The van der Waals surface area contributed by atoms with Crippen LogP contribution in [0.2, 0.25) is 0 Å². The molecule has 0 radical (unpaired) electrons. The Morgan fingerprint density at radius 2 is 2.21 bits per heavy atom. The minimum atomic E-state index is -1.29. The van der Waals surface area contributed by atoms with Crippen LogP contribution >= 0.6 is 0 Å². The number of rotatable bonds is 4. The monoisotopic (exact) mass is 261 g/mol. The fraction of sp³-hybridized carbons (Fsp3) is 0.143. The third-order valence-corrected chi connectivity index (χ3v) is 2.61. The van der Waals surface area contributed by atoms with E-state index in [4.69, 9.17) is 9.84 Å². The van der Waals surface area contributed by atoms with Crippen molar-refractivity contribution in [1.29, 1.82) is 0 Å². The maximum atomic E-state index is 13.2. The number of halogens is 1. The van der Waals surface area contributed by atoms with Gasteiger partial charge in [0.05, 0.1) is 11.3 Å². The Hall–Kier alpha value is -2.43. The van der Waals surface area contributed by atoms with Crippen molar-refractivity contribution < 1.29 is 19.0 Å². The molecule has 0 unspecified atom stereocenters. The van der Waals surface area contributed by atoms with Gasteiger partial charge in [0, 0.05) is 6.20 Å². The van der Waals surface area contributed by atoms with Gasteiger partial charge in [-0.05, 0) is 36.8 Å². The van der Waals surface area contributed by atoms with Crippen molar-refractivity contribution in [3.05, 3.63) is 59.2 Å².